The summed E-state index contributed by atoms with van der Waals surface area (Å²) < 4.78 is 1.13. The van der Waals surface area contributed by atoms with Crippen LogP contribution in [0.25, 0.3) is 0 Å². The molecular formula is C16H17ClIN3O. The third-order valence-corrected chi connectivity index (χ3v) is 4.38. The van der Waals surface area contributed by atoms with Gasteiger partial charge >= 0.3 is 0 Å². The summed E-state index contributed by atoms with van der Waals surface area (Å²) >= 11 is 2.24. The van der Waals surface area contributed by atoms with E-state index in [-0.39, 0.29) is 24.4 Å². The Balaban J connectivity index is 0.00000176. The van der Waals surface area contributed by atoms with Gasteiger partial charge in [-0.15, -0.1) is 12.4 Å². The van der Waals surface area contributed by atoms with Crippen LogP contribution >= 0.6 is 35.0 Å². The lowest BCUT2D eigenvalue weighted by molar-refractivity contribution is 0.0634. The Morgan fingerprint density at radius 2 is 2.05 bits per heavy atom. The smallest absolute Gasteiger partial charge is 0.254 e. The minimum Gasteiger partial charge on any atom is -0.329 e. The highest BCUT2D eigenvalue weighted by atomic mass is 127. The quantitative estimate of drug-likeness (QED) is 0.747. The summed E-state index contributed by atoms with van der Waals surface area (Å²) in [4.78, 5) is 18.9. The zero-order chi connectivity index (χ0) is 14.7. The monoisotopic (exact) mass is 429 g/mol. The number of aromatic nitrogens is 1. The molecule has 0 saturated carbocycles. The van der Waals surface area contributed by atoms with E-state index >= 15 is 0 Å². The minimum atomic E-state index is 0. The van der Waals surface area contributed by atoms with Crippen LogP contribution in [0.4, 0.5) is 0 Å². The molecule has 116 valence electrons. The van der Waals surface area contributed by atoms with Crippen LogP contribution in [0.3, 0.4) is 0 Å². The van der Waals surface area contributed by atoms with E-state index in [1.54, 1.807) is 6.20 Å². The Kier molecular flexibility index (Phi) is 6.16. The molecule has 1 N–H and O–H groups in total. The molecule has 2 heterocycles. The first-order valence-corrected chi connectivity index (χ1v) is 8.01. The van der Waals surface area contributed by atoms with E-state index < -0.39 is 0 Å². The van der Waals surface area contributed by atoms with E-state index in [2.05, 4.69) is 32.9 Å². The van der Waals surface area contributed by atoms with Crippen molar-refractivity contribution in [2.45, 2.75) is 6.04 Å². The molecule has 1 aromatic heterocycles. The molecule has 4 nitrogen and oxygen atoms in total. The van der Waals surface area contributed by atoms with Crippen LogP contribution in [0.15, 0.2) is 48.8 Å². The average Bonchev–Trinajstić information content (AvgIpc) is 2.56. The molecule has 1 atom stereocenters. The van der Waals surface area contributed by atoms with Crippen LogP contribution < -0.4 is 5.32 Å². The normalized spacial score (nSPS) is 17.7. The lowest BCUT2D eigenvalue weighted by Gasteiger charge is -2.36. The lowest BCUT2D eigenvalue weighted by atomic mass is 10.0. The minimum absolute atomic E-state index is 0. The summed E-state index contributed by atoms with van der Waals surface area (Å²) in [5, 5.41) is 3.36. The number of carbonyl (C=O) groups excluding carboxylic acids is 1. The first-order chi connectivity index (χ1) is 10.3. The van der Waals surface area contributed by atoms with Crippen molar-refractivity contribution in [1.82, 2.24) is 15.2 Å². The van der Waals surface area contributed by atoms with E-state index in [4.69, 9.17) is 0 Å². The number of rotatable bonds is 2. The summed E-state index contributed by atoms with van der Waals surface area (Å²) in [5.74, 6) is 0.0850. The number of carbonyl (C=O) groups is 1. The Morgan fingerprint density at radius 1 is 1.27 bits per heavy atom. The van der Waals surface area contributed by atoms with E-state index in [0.29, 0.717) is 6.54 Å². The second-order valence-corrected chi connectivity index (χ2v) is 6.26. The Morgan fingerprint density at radius 3 is 2.73 bits per heavy atom. The number of nitrogens with one attached hydrogen (secondary N) is 1. The van der Waals surface area contributed by atoms with Gasteiger partial charge in [0.1, 0.15) is 0 Å². The van der Waals surface area contributed by atoms with Crippen molar-refractivity contribution in [3.05, 3.63) is 63.5 Å². The van der Waals surface area contributed by atoms with Gasteiger partial charge in [-0.25, -0.2) is 0 Å². The predicted octanol–water partition coefficient (Wildman–Crippen LogP) is 2.89. The maximum atomic E-state index is 12.8. The van der Waals surface area contributed by atoms with Gasteiger partial charge in [0.2, 0.25) is 0 Å². The first-order valence-electron chi connectivity index (χ1n) is 6.93. The van der Waals surface area contributed by atoms with Crippen molar-refractivity contribution in [3.8, 4) is 0 Å². The lowest BCUT2D eigenvalue weighted by Crippen LogP contribution is -2.48. The van der Waals surface area contributed by atoms with Gasteiger partial charge in [0.05, 0.1) is 6.04 Å². The van der Waals surface area contributed by atoms with E-state index in [1.165, 1.54) is 0 Å². The zero-order valence-electron chi connectivity index (χ0n) is 11.9. The Bertz CT molecular complexity index is 621. The molecule has 1 aromatic carbocycles. The average molecular weight is 430 g/mol. The SMILES string of the molecule is Cl.O=C(c1ccc(I)cc1)N1CCNCC1c1cccnc1. The number of hydrogen-bond acceptors (Lipinski definition) is 3. The van der Waals surface area contributed by atoms with Crippen molar-refractivity contribution in [3.63, 3.8) is 0 Å². The van der Waals surface area contributed by atoms with Gasteiger partial charge in [0, 0.05) is 41.2 Å². The molecular weight excluding hydrogens is 413 g/mol. The summed E-state index contributed by atoms with van der Waals surface area (Å²) in [5.41, 5.74) is 1.81. The molecule has 1 fully saturated rings. The Hall–Kier alpha value is -1.18. The third kappa shape index (κ3) is 3.77. The van der Waals surface area contributed by atoms with Crippen LogP contribution in [0.2, 0.25) is 0 Å². The number of nitrogens with zero attached hydrogens (tertiary/aromatic N) is 2. The third-order valence-electron chi connectivity index (χ3n) is 3.66. The van der Waals surface area contributed by atoms with Crippen molar-refractivity contribution < 1.29 is 4.79 Å². The van der Waals surface area contributed by atoms with Crippen LogP contribution in [-0.2, 0) is 0 Å². The Labute approximate surface area is 149 Å². The molecule has 1 aliphatic rings. The summed E-state index contributed by atoms with van der Waals surface area (Å²) in [7, 11) is 0. The summed E-state index contributed by atoms with van der Waals surface area (Å²) in [6.45, 7) is 2.30. The number of benzene rings is 1. The number of amides is 1. The highest BCUT2D eigenvalue weighted by Crippen LogP contribution is 2.23. The fraction of sp³-hybridized carbons (Fsp3) is 0.250. The van der Waals surface area contributed by atoms with Gasteiger partial charge in [-0.2, -0.15) is 0 Å². The first kappa shape index (κ1) is 17.2. The molecule has 22 heavy (non-hydrogen) atoms. The highest BCUT2D eigenvalue weighted by Gasteiger charge is 2.28. The van der Waals surface area contributed by atoms with Crippen LogP contribution in [0, 0.1) is 3.57 Å². The van der Waals surface area contributed by atoms with Crippen molar-refractivity contribution >= 4 is 40.9 Å². The van der Waals surface area contributed by atoms with Crippen molar-refractivity contribution in [2.75, 3.05) is 19.6 Å². The van der Waals surface area contributed by atoms with Gasteiger partial charge in [0.15, 0.2) is 0 Å². The largest absolute Gasteiger partial charge is 0.329 e. The van der Waals surface area contributed by atoms with Crippen molar-refractivity contribution in [2.24, 2.45) is 0 Å². The molecule has 1 unspecified atom stereocenters. The number of piperazine rings is 1. The molecule has 1 amide bonds. The van der Waals surface area contributed by atoms with Crippen LogP contribution in [0.1, 0.15) is 22.0 Å². The maximum absolute atomic E-state index is 12.8. The summed E-state index contributed by atoms with van der Waals surface area (Å²) in [6, 6.07) is 11.7. The number of halogens is 2. The molecule has 6 heteroatoms. The molecule has 3 rings (SSSR count). The fourth-order valence-corrected chi connectivity index (χ4v) is 2.94. The molecule has 1 aliphatic heterocycles. The fourth-order valence-electron chi connectivity index (χ4n) is 2.58. The van der Waals surface area contributed by atoms with Gasteiger partial charge in [0.25, 0.3) is 5.91 Å². The second kappa shape index (κ2) is 7.89. The van der Waals surface area contributed by atoms with Gasteiger partial charge < -0.3 is 10.2 Å². The predicted molar refractivity (Wildman–Crippen MR) is 97.3 cm³/mol. The number of pyridine rings is 1. The van der Waals surface area contributed by atoms with Gasteiger partial charge in [-0.05, 0) is 58.5 Å². The molecule has 0 radical (unpaired) electrons. The molecule has 0 aliphatic carbocycles. The van der Waals surface area contributed by atoms with Crippen LogP contribution in [-0.4, -0.2) is 35.4 Å². The van der Waals surface area contributed by atoms with Crippen molar-refractivity contribution in [1.29, 1.82) is 0 Å². The topological polar surface area (TPSA) is 45.2 Å². The standard InChI is InChI=1S/C16H16IN3O.ClH/c17-14-5-3-12(4-6-14)16(21)20-9-8-19-11-15(20)13-2-1-7-18-10-13;/h1-7,10,15,19H,8-9,11H2;1H. The molecule has 2 aromatic rings. The second-order valence-electron chi connectivity index (χ2n) is 5.01. The zero-order valence-corrected chi connectivity index (χ0v) is 14.9. The maximum Gasteiger partial charge on any atom is 0.254 e. The van der Waals surface area contributed by atoms with E-state index in [0.717, 1.165) is 27.8 Å². The molecule has 0 bridgehead atoms. The number of hydrogen-bond donors (Lipinski definition) is 1. The molecule has 1 saturated heterocycles. The molecule has 0 spiro atoms. The summed E-state index contributed by atoms with van der Waals surface area (Å²) in [6.07, 6.45) is 3.59. The van der Waals surface area contributed by atoms with E-state index in [1.807, 2.05) is 47.5 Å². The van der Waals surface area contributed by atoms with Crippen LogP contribution in [0.5, 0.6) is 0 Å². The van der Waals surface area contributed by atoms with Gasteiger partial charge in [-0.3, -0.25) is 9.78 Å². The highest BCUT2D eigenvalue weighted by molar-refractivity contribution is 14.1. The van der Waals surface area contributed by atoms with Gasteiger partial charge in [-0.1, -0.05) is 6.07 Å². The van der Waals surface area contributed by atoms with E-state index in [9.17, 15) is 4.79 Å².